The van der Waals surface area contributed by atoms with Crippen molar-refractivity contribution in [1.82, 2.24) is 10.6 Å². The highest BCUT2D eigenvalue weighted by Crippen LogP contribution is 2.33. The molecule has 0 bridgehead atoms. The smallest absolute Gasteiger partial charge is 0.423 e. The van der Waals surface area contributed by atoms with Gasteiger partial charge in [-0.15, -0.1) is 0 Å². The number of thioether (sulfide) groups is 1. The fraction of sp³-hybridized carbons (Fsp3) is 0.529. The molecule has 0 radical (unpaired) electrons. The van der Waals surface area contributed by atoms with Crippen LogP contribution in [0.2, 0.25) is 0 Å². The van der Waals surface area contributed by atoms with E-state index in [-0.39, 0.29) is 24.0 Å². The summed E-state index contributed by atoms with van der Waals surface area (Å²) in [4.78, 5) is 23.5. The zero-order valence-electron chi connectivity index (χ0n) is 14.4. The lowest BCUT2D eigenvalue weighted by Crippen LogP contribution is -2.36. The lowest BCUT2D eigenvalue weighted by atomic mass is 9.79. The van der Waals surface area contributed by atoms with E-state index in [0.717, 1.165) is 36.0 Å². The minimum atomic E-state index is -0.903. The van der Waals surface area contributed by atoms with Gasteiger partial charge in [-0.3, -0.25) is 4.79 Å². The van der Waals surface area contributed by atoms with Crippen molar-refractivity contribution in [2.45, 2.75) is 49.6 Å². The highest BCUT2D eigenvalue weighted by Gasteiger charge is 2.42. The molecular formula is C17H22BN3O4S. The van der Waals surface area contributed by atoms with Crippen molar-refractivity contribution >= 4 is 42.0 Å². The standard InChI is InChI=1S/C17H22BN3O4S/c22-15(19-11-6-5-10-8-25-18(24)12(10)7-11)4-2-1-3-14-16-13(9-26-14)20-17(23)21-16/h5-7,13-14,16,24H,1-4,8-9H2,(H,19,22)(H2,20,21,23)/t13-,14-,16-/m0/s1. The molecular weight excluding hydrogens is 353 g/mol. The van der Waals surface area contributed by atoms with Crippen LogP contribution in [-0.2, 0) is 16.1 Å². The van der Waals surface area contributed by atoms with Crippen molar-refractivity contribution in [2.75, 3.05) is 11.1 Å². The second-order valence-electron chi connectivity index (χ2n) is 6.99. The first-order valence-electron chi connectivity index (χ1n) is 9.01. The molecule has 0 aliphatic carbocycles. The second kappa shape index (κ2) is 7.50. The highest BCUT2D eigenvalue weighted by molar-refractivity contribution is 8.00. The van der Waals surface area contributed by atoms with Gasteiger partial charge in [-0.2, -0.15) is 11.8 Å². The number of urea groups is 1. The van der Waals surface area contributed by atoms with E-state index in [1.54, 1.807) is 6.07 Å². The van der Waals surface area contributed by atoms with Gasteiger partial charge < -0.3 is 25.6 Å². The number of carbonyl (C=O) groups excluding carboxylic acids is 2. The van der Waals surface area contributed by atoms with Crippen LogP contribution in [0.1, 0.15) is 31.2 Å². The van der Waals surface area contributed by atoms with Crippen LogP contribution < -0.4 is 21.4 Å². The van der Waals surface area contributed by atoms with E-state index in [0.29, 0.717) is 24.0 Å². The first-order chi connectivity index (χ1) is 12.6. The molecule has 1 aromatic rings. The number of carbonyl (C=O) groups is 2. The van der Waals surface area contributed by atoms with Gasteiger partial charge >= 0.3 is 13.1 Å². The zero-order chi connectivity index (χ0) is 18.1. The molecule has 0 aromatic heterocycles. The van der Waals surface area contributed by atoms with Crippen LogP contribution in [0.5, 0.6) is 0 Å². The van der Waals surface area contributed by atoms with Crippen LogP contribution >= 0.6 is 11.8 Å². The third-order valence-corrected chi connectivity index (χ3v) is 6.68. The Labute approximate surface area is 156 Å². The molecule has 9 heteroatoms. The first kappa shape index (κ1) is 17.7. The number of rotatable bonds is 6. The van der Waals surface area contributed by atoms with Crippen LogP contribution in [-0.4, -0.2) is 47.2 Å². The van der Waals surface area contributed by atoms with E-state index in [2.05, 4.69) is 16.0 Å². The minimum absolute atomic E-state index is 0.0221. The number of unbranched alkanes of at least 4 members (excludes halogenated alkanes) is 1. The third-order valence-electron chi connectivity index (χ3n) is 5.17. The molecule has 3 aliphatic heterocycles. The van der Waals surface area contributed by atoms with Gasteiger partial charge in [0.15, 0.2) is 0 Å². The monoisotopic (exact) mass is 375 g/mol. The average Bonchev–Trinajstić information content (AvgIpc) is 3.27. The molecule has 138 valence electrons. The molecule has 4 N–H and O–H groups in total. The largest absolute Gasteiger partial charge is 0.491 e. The number of fused-ring (bicyclic) bond motifs is 2. The molecule has 2 saturated heterocycles. The van der Waals surface area contributed by atoms with Crippen molar-refractivity contribution in [2.24, 2.45) is 0 Å². The van der Waals surface area contributed by atoms with Crippen molar-refractivity contribution < 1.29 is 19.3 Å². The molecule has 4 rings (SSSR count). The molecule has 7 nitrogen and oxygen atoms in total. The molecule has 3 aliphatic rings. The van der Waals surface area contributed by atoms with Gasteiger partial charge in [0, 0.05) is 23.1 Å². The summed E-state index contributed by atoms with van der Waals surface area (Å²) in [5.74, 6) is 0.939. The summed E-state index contributed by atoms with van der Waals surface area (Å²) in [6.45, 7) is 0.404. The predicted octanol–water partition coefficient (Wildman–Crippen LogP) is 0.569. The molecule has 1 aromatic carbocycles. The Kier molecular flexibility index (Phi) is 5.10. The van der Waals surface area contributed by atoms with Gasteiger partial charge in [0.1, 0.15) is 0 Å². The number of hydrogen-bond acceptors (Lipinski definition) is 5. The van der Waals surface area contributed by atoms with Crippen LogP contribution in [0, 0.1) is 0 Å². The maximum atomic E-state index is 12.1. The Morgan fingerprint density at radius 1 is 1.38 bits per heavy atom. The van der Waals surface area contributed by atoms with Gasteiger partial charge in [-0.25, -0.2) is 4.79 Å². The summed E-state index contributed by atoms with van der Waals surface area (Å²) in [5, 5.41) is 19.0. The quantitative estimate of drug-likeness (QED) is 0.331. The maximum Gasteiger partial charge on any atom is 0.491 e. The molecule has 0 saturated carbocycles. The van der Waals surface area contributed by atoms with Crippen LogP contribution in [0.3, 0.4) is 0 Å². The average molecular weight is 375 g/mol. The van der Waals surface area contributed by atoms with Gasteiger partial charge in [-0.1, -0.05) is 12.5 Å². The van der Waals surface area contributed by atoms with Gasteiger partial charge in [0.05, 0.1) is 18.7 Å². The number of amides is 3. The third kappa shape index (κ3) is 3.70. The second-order valence-corrected chi connectivity index (χ2v) is 8.26. The van der Waals surface area contributed by atoms with E-state index in [9.17, 15) is 14.6 Å². The molecule has 26 heavy (non-hydrogen) atoms. The number of nitrogens with one attached hydrogen (secondary N) is 3. The van der Waals surface area contributed by atoms with E-state index >= 15 is 0 Å². The lowest BCUT2D eigenvalue weighted by Gasteiger charge is -2.16. The molecule has 0 spiro atoms. The summed E-state index contributed by atoms with van der Waals surface area (Å²) in [5.41, 5.74) is 2.37. The summed E-state index contributed by atoms with van der Waals surface area (Å²) >= 11 is 1.90. The van der Waals surface area contributed by atoms with E-state index in [1.165, 1.54) is 0 Å². The Hall–Kier alpha value is -1.71. The summed E-state index contributed by atoms with van der Waals surface area (Å²) < 4.78 is 5.16. The minimum Gasteiger partial charge on any atom is -0.423 e. The van der Waals surface area contributed by atoms with Crippen LogP contribution in [0.4, 0.5) is 10.5 Å². The van der Waals surface area contributed by atoms with Gasteiger partial charge in [0.2, 0.25) is 5.91 Å². The SMILES string of the molecule is O=C(CCCC[C@@H]1SC[C@@H]2NC(=O)N[C@@H]21)Nc1ccc2c(c1)B(O)OC2. The number of benzene rings is 1. The molecule has 3 heterocycles. The highest BCUT2D eigenvalue weighted by atomic mass is 32.2. The Morgan fingerprint density at radius 2 is 2.27 bits per heavy atom. The van der Waals surface area contributed by atoms with E-state index in [1.807, 2.05) is 23.9 Å². The first-order valence-corrected chi connectivity index (χ1v) is 10.1. The molecule has 3 atom stereocenters. The van der Waals surface area contributed by atoms with Gasteiger partial charge in [0.25, 0.3) is 0 Å². The maximum absolute atomic E-state index is 12.1. The number of hydrogen-bond donors (Lipinski definition) is 4. The zero-order valence-corrected chi connectivity index (χ0v) is 15.2. The Bertz CT molecular complexity index is 719. The normalized spacial score (nSPS) is 26.3. The molecule has 3 amide bonds. The number of anilines is 1. The Balaban J connectivity index is 1.19. The fourth-order valence-corrected chi connectivity index (χ4v) is 5.33. The summed E-state index contributed by atoms with van der Waals surface area (Å²) in [6.07, 6.45) is 3.24. The van der Waals surface area contributed by atoms with Crippen molar-refractivity contribution in [3.8, 4) is 0 Å². The van der Waals surface area contributed by atoms with Crippen molar-refractivity contribution in [3.05, 3.63) is 23.8 Å². The molecule has 2 fully saturated rings. The predicted molar refractivity (Wildman–Crippen MR) is 101 cm³/mol. The van der Waals surface area contributed by atoms with E-state index in [4.69, 9.17) is 4.65 Å². The van der Waals surface area contributed by atoms with Crippen molar-refractivity contribution in [1.29, 1.82) is 0 Å². The Morgan fingerprint density at radius 3 is 3.15 bits per heavy atom. The summed E-state index contributed by atoms with van der Waals surface area (Å²) in [7, 11) is -0.903. The fourth-order valence-electron chi connectivity index (χ4n) is 3.79. The van der Waals surface area contributed by atoms with E-state index < -0.39 is 7.12 Å². The van der Waals surface area contributed by atoms with Crippen LogP contribution in [0.15, 0.2) is 18.2 Å². The van der Waals surface area contributed by atoms with Crippen LogP contribution in [0.25, 0.3) is 0 Å². The molecule has 0 unspecified atom stereocenters. The summed E-state index contributed by atoms with van der Waals surface area (Å²) in [6, 6.07) is 5.90. The lowest BCUT2D eigenvalue weighted by molar-refractivity contribution is -0.116. The van der Waals surface area contributed by atoms with Crippen molar-refractivity contribution in [3.63, 3.8) is 0 Å². The topological polar surface area (TPSA) is 99.7 Å². The van der Waals surface area contributed by atoms with Gasteiger partial charge in [-0.05, 0) is 36.0 Å².